The Balaban J connectivity index is 1.89. The molecule has 1 aromatic heterocycles. The van der Waals surface area contributed by atoms with Gasteiger partial charge in [-0.15, -0.1) is 11.3 Å². The number of hydrogen-bond acceptors (Lipinski definition) is 2. The lowest BCUT2D eigenvalue weighted by Gasteiger charge is -2.16. The Bertz CT molecular complexity index is 714. The maximum atomic E-state index is 3.45. The first-order valence-electron chi connectivity index (χ1n) is 6.97. The smallest absolute Gasteiger partial charge is 0.0455 e. The highest BCUT2D eigenvalue weighted by molar-refractivity contribution is 7.10. The van der Waals surface area contributed by atoms with E-state index < -0.39 is 0 Å². The second kappa shape index (κ2) is 5.78. The second-order valence-corrected chi connectivity index (χ2v) is 6.14. The van der Waals surface area contributed by atoms with Crippen molar-refractivity contribution < 1.29 is 0 Å². The summed E-state index contributed by atoms with van der Waals surface area (Å²) in [6, 6.07) is 17.9. The van der Waals surface area contributed by atoms with E-state index in [1.54, 1.807) is 0 Å². The highest BCUT2D eigenvalue weighted by Gasteiger charge is 2.13. The molecule has 1 unspecified atom stereocenters. The van der Waals surface area contributed by atoms with E-state index >= 15 is 0 Å². The number of rotatable bonds is 4. The highest BCUT2D eigenvalue weighted by atomic mass is 32.1. The Morgan fingerprint density at radius 3 is 2.55 bits per heavy atom. The van der Waals surface area contributed by atoms with Crippen LogP contribution in [0.1, 0.15) is 22.0 Å². The summed E-state index contributed by atoms with van der Waals surface area (Å²) < 4.78 is 0. The van der Waals surface area contributed by atoms with Gasteiger partial charge in [0.1, 0.15) is 0 Å². The minimum Gasteiger partial charge on any atom is -0.312 e. The van der Waals surface area contributed by atoms with Gasteiger partial charge in [0.05, 0.1) is 0 Å². The molecule has 3 aromatic rings. The van der Waals surface area contributed by atoms with Crippen LogP contribution in [0.2, 0.25) is 0 Å². The molecule has 3 rings (SSSR count). The van der Waals surface area contributed by atoms with Crippen molar-refractivity contribution >= 4 is 22.1 Å². The van der Waals surface area contributed by atoms with Gasteiger partial charge >= 0.3 is 0 Å². The quantitative estimate of drug-likeness (QED) is 0.730. The Morgan fingerprint density at radius 1 is 1.05 bits per heavy atom. The molecular formula is C18H19NS. The maximum Gasteiger partial charge on any atom is 0.0455 e. The van der Waals surface area contributed by atoms with Crippen molar-refractivity contribution in [2.24, 2.45) is 0 Å². The van der Waals surface area contributed by atoms with Crippen molar-refractivity contribution in [3.63, 3.8) is 0 Å². The van der Waals surface area contributed by atoms with Crippen molar-refractivity contribution in [3.8, 4) is 0 Å². The number of fused-ring (bicyclic) bond motifs is 1. The van der Waals surface area contributed by atoms with E-state index in [0.29, 0.717) is 6.04 Å². The molecule has 0 aliphatic carbocycles. The van der Waals surface area contributed by atoms with Crippen LogP contribution in [0.5, 0.6) is 0 Å². The minimum absolute atomic E-state index is 0.399. The van der Waals surface area contributed by atoms with Crippen LogP contribution in [-0.2, 0) is 6.42 Å². The summed E-state index contributed by atoms with van der Waals surface area (Å²) in [5.74, 6) is 0. The van der Waals surface area contributed by atoms with Gasteiger partial charge in [-0.1, -0.05) is 42.5 Å². The van der Waals surface area contributed by atoms with Gasteiger partial charge in [0, 0.05) is 10.9 Å². The van der Waals surface area contributed by atoms with Crippen LogP contribution in [0.15, 0.2) is 53.9 Å². The first-order chi connectivity index (χ1) is 9.78. The fourth-order valence-electron chi connectivity index (χ4n) is 2.67. The first kappa shape index (κ1) is 13.3. The Hall–Kier alpha value is -1.64. The monoisotopic (exact) mass is 281 g/mol. The van der Waals surface area contributed by atoms with Crippen LogP contribution in [0, 0.1) is 6.92 Å². The summed E-state index contributed by atoms with van der Waals surface area (Å²) >= 11 is 1.84. The summed E-state index contributed by atoms with van der Waals surface area (Å²) in [4.78, 5) is 1.45. The molecule has 2 heteroatoms. The molecule has 0 bridgehead atoms. The zero-order chi connectivity index (χ0) is 13.9. The molecule has 1 nitrogen and oxygen atoms in total. The Morgan fingerprint density at radius 2 is 1.85 bits per heavy atom. The molecule has 0 saturated heterocycles. The van der Waals surface area contributed by atoms with E-state index in [2.05, 4.69) is 66.2 Å². The summed E-state index contributed by atoms with van der Waals surface area (Å²) in [6.45, 7) is 2.19. The van der Waals surface area contributed by atoms with Gasteiger partial charge in [-0.25, -0.2) is 0 Å². The van der Waals surface area contributed by atoms with Crippen molar-refractivity contribution in [1.29, 1.82) is 0 Å². The van der Waals surface area contributed by atoms with Gasteiger partial charge < -0.3 is 5.32 Å². The number of likely N-dealkylation sites (N-methyl/N-ethyl adjacent to an activating group) is 1. The molecule has 1 N–H and O–H groups in total. The molecular weight excluding hydrogens is 262 g/mol. The predicted octanol–water partition coefficient (Wildman–Crippen LogP) is 4.71. The van der Waals surface area contributed by atoms with Crippen molar-refractivity contribution in [2.45, 2.75) is 19.4 Å². The van der Waals surface area contributed by atoms with Gasteiger partial charge in [-0.05, 0) is 53.7 Å². The highest BCUT2D eigenvalue weighted by Crippen LogP contribution is 2.27. The number of thiophene rings is 1. The SMILES string of the molecule is CNC(Cc1ccc2ccccc2c1)c1sccc1C. The molecule has 1 atom stereocenters. The van der Waals surface area contributed by atoms with Crippen molar-refractivity contribution in [2.75, 3.05) is 7.05 Å². The van der Waals surface area contributed by atoms with Crippen LogP contribution in [-0.4, -0.2) is 7.05 Å². The molecule has 2 aromatic carbocycles. The van der Waals surface area contributed by atoms with Gasteiger partial charge in [-0.3, -0.25) is 0 Å². The lowest BCUT2D eigenvalue weighted by molar-refractivity contribution is 0.600. The van der Waals surface area contributed by atoms with E-state index in [1.807, 2.05) is 18.4 Å². The molecule has 0 fully saturated rings. The van der Waals surface area contributed by atoms with Crippen LogP contribution in [0.3, 0.4) is 0 Å². The Labute approximate surface area is 124 Å². The molecule has 20 heavy (non-hydrogen) atoms. The van der Waals surface area contributed by atoms with Crippen LogP contribution in [0.4, 0.5) is 0 Å². The molecule has 1 heterocycles. The fraction of sp³-hybridized carbons (Fsp3) is 0.222. The van der Waals surface area contributed by atoms with E-state index in [4.69, 9.17) is 0 Å². The molecule has 0 amide bonds. The van der Waals surface area contributed by atoms with E-state index in [0.717, 1.165) is 6.42 Å². The third kappa shape index (κ3) is 2.62. The van der Waals surface area contributed by atoms with E-state index in [-0.39, 0.29) is 0 Å². The third-order valence-electron chi connectivity index (χ3n) is 3.82. The van der Waals surface area contributed by atoms with Crippen LogP contribution in [0.25, 0.3) is 10.8 Å². The normalized spacial score (nSPS) is 12.7. The molecule has 102 valence electrons. The minimum atomic E-state index is 0.399. The third-order valence-corrected chi connectivity index (χ3v) is 4.95. The Kier molecular flexibility index (Phi) is 3.86. The lowest BCUT2D eigenvalue weighted by Crippen LogP contribution is -2.18. The van der Waals surface area contributed by atoms with Gasteiger partial charge in [-0.2, -0.15) is 0 Å². The average Bonchev–Trinajstić information content (AvgIpc) is 2.91. The van der Waals surface area contributed by atoms with Gasteiger partial charge in [0.2, 0.25) is 0 Å². The molecule has 0 spiro atoms. The van der Waals surface area contributed by atoms with E-state index in [9.17, 15) is 0 Å². The summed E-state index contributed by atoms with van der Waals surface area (Å²) in [7, 11) is 2.05. The number of aryl methyl sites for hydroxylation is 1. The van der Waals surface area contributed by atoms with E-state index in [1.165, 1.54) is 26.8 Å². The summed E-state index contributed by atoms with van der Waals surface area (Å²) in [5, 5.41) is 8.26. The first-order valence-corrected chi connectivity index (χ1v) is 7.85. The zero-order valence-electron chi connectivity index (χ0n) is 11.9. The number of nitrogens with one attached hydrogen (secondary N) is 1. The maximum absolute atomic E-state index is 3.45. The second-order valence-electron chi connectivity index (χ2n) is 5.19. The predicted molar refractivity (Wildman–Crippen MR) is 88.5 cm³/mol. The fourth-order valence-corrected chi connectivity index (χ4v) is 3.71. The topological polar surface area (TPSA) is 12.0 Å². The lowest BCUT2D eigenvalue weighted by atomic mass is 10.00. The number of benzene rings is 2. The van der Waals surface area contributed by atoms with Crippen molar-refractivity contribution in [1.82, 2.24) is 5.32 Å². The molecule has 0 saturated carbocycles. The summed E-state index contributed by atoms with van der Waals surface area (Å²) in [5.41, 5.74) is 2.77. The number of hydrogen-bond donors (Lipinski definition) is 1. The van der Waals surface area contributed by atoms with Crippen LogP contribution >= 0.6 is 11.3 Å². The van der Waals surface area contributed by atoms with Crippen LogP contribution < -0.4 is 5.32 Å². The largest absolute Gasteiger partial charge is 0.312 e. The molecule has 0 aliphatic heterocycles. The standard InChI is InChI=1S/C18H19NS/c1-13-9-10-20-18(13)17(19-2)12-14-7-8-15-5-3-4-6-16(15)11-14/h3-11,17,19H,12H2,1-2H3. The van der Waals surface area contributed by atoms with Crippen molar-refractivity contribution in [3.05, 3.63) is 69.9 Å². The molecule has 0 aliphatic rings. The molecule has 0 radical (unpaired) electrons. The zero-order valence-corrected chi connectivity index (χ0v) is 12.7. The van der Waals surface area contributed by atoms with Gasteiger partial charge in [0.25, 0.3) is 0 Å². The average molecular weight is 281 g/mol. The summed E-state index contributed by atoms with van der Waals surface area (Å²) in [6.07, 6.45) is 1.03. The van der Waals surface area contributed by atoms with Gasteiger partial charge in [0.15, 0.2) is 0 Å².